The average Bonchev–Trinajstić information content (AvgIpc) is 2.85. The fourth-order valence-electron chi connectivity index (χ4n) is 4.56. The van der Waals surface area contributed by atoms with Crippen LogP contribution in [0.2, 0.25) is 0 Å². The van der Waals surface area contributed by atoms with Crippen LogP contribution >= 0.6 is 0 Å². The van der Waals surface area contributed by atoms with Gasteiger partial charge in [0.25, 0.3) is 0 Å². The second-order valence-corrected chi connectivity index (χ2v) is 7.32. The van der Waals surface area contributed by atoms with Crippen LogP contribution in [0.15, 0.2) is 0 Å². The molecule has 19 heavy (non-hydrogen) atoms. The third-order valence-corrected chi connectivity index (χ3v) is 5.92. The molecule has 0 aromatic carbocycles. The van der Waals surface area contributed by atoms with Gasteiger partial charge < -0.3 is 20.1 Å². The van der Waals surface area contributed by atoms with Crippen molar-refractivity contribution in [3.63, 3.8) is 0 Å². The van der Waals surface area contributed by atoms with Crippen LogP contribution in [0, 0.1) is 10.8 Å². The van der Waals surface area contributed by atoms with Gasteiger partial charge in [0.1, 0.15) is 0 Å². The predicted octanol–water partition coefficient (Wildman–Crippen LogP) is 0.914. The Labute approximate surface area is 115 Å². The molecule has 2 spiro atoms. The van der Waals surface area contributed by atoms with Crippen molar-refractivity contribution in [3.05, 3.63) is 0 Å². The molecule has 0 aliphatic carbocycles. The van der Waals surface area contributed by atoms with Crippen LogP contribution in [0.5, 0.6) is 0 Å². The van der Waals surface area contributed by atoms with Crippen LogP contribution in [-0.2, 0) is 9.47 Å². The highest BCUT2D eigenvalue weighted by molar-refractivity contribution is 5.02. The summed E-state index contributed by atoms with van der Waals surface area (Å²) in [5.74, 6) is 0. The van der Waals surface area contributed by atoms with Crippen molar-refractivity contribution in [2.45, 2.75) is 44.2 Å². The normalized spacial score (nSPS) is 45.5. The molecule has 4 heterocycles. The quantitative estimate of drug-likeness (QED) is 0.740. The molecule has 0 amide bonds. The zero-order chi connectivity index (χ0) is 12.8. The molecule has 3 atom stereocenters. The van der Waals surface area contributed by atoms with Crippen molar-refractivity contribution >= 4 is 0 Å². The summed E-state index contributed by atoms with van der Waals surface area (Å²) in [6.07, 6.45) is 6.45. The summed E-state index contributed by atoms with van der Waals surface area (Å²) < 4.78 is 11.2. The maximum absolute atomic E-state index is 5.68. The Balaban J connectivity index is 1.43. The highest BCUT2D eigenvalue weighted by Gasteiger charge is 2.47. The second kappa shape index (κ2) is 4.69. The van der Waals surface area contributed by atoms with Gasteiger partial charge in [0.15, 0.2) is 0 Å². The first kappa shape index (κ1) is 12.6. The molecule has 4 heteroatoms. The topological polar surface area (TPSA) is 42.5 Å². The lowest BCUT2D eigenvalue weighted by atomic mass is 9.68. The van der Waals surface area contributed by atoms with Crippen molar-refractivity contribution in [1.82, 2.24) is 10.6 Å². The minimum atomic E-state index is 0.484. The Morgan fingerprint density at radius 3 is 1.95 bits per heavy atom. The van der Waals surface area contributed by atoms with E-state index >= 15 is 0 Å². The molecule has 0 aromatic heterocycles. The molecule has 4 aliphatic heterocycles. The van der Waals surface area contributed by atoms with E-state index in [0.717, 1.165) is 39.5 Å². The molecular weight excluding hydrogens is 240 g/mol. The Bertz CT molecular complexity index is 337. The van der Waals surface area contributed by atoms with Crippen molar-refractivity contribution in [2.24, 2.45) is 10.8 Å². The van der Waals surface area contributed by atoms with Crippen LogP contribution in [-0.4, -0.2) is 51.6 Å². The standard InChI is InChI=1S/C15H26N2O2/c1-4-16-12(7-14(1)3-6-18-9-14)13-8-15(2-5-17-13)10-19-11-15/h12-13,16-17H,1-11H2. The summed E-state index contributed by atoms with van der Waals surface area (Å²) in [6, 6.07) is 1.27. The van der Waals surface area contributed by atoms with Crippen LogP contribution in [0.25, 0.3) is 0 Å². The van der Waals surface area contributed by atoms with Gasteiger partial charge in [-0.2, -0.15) is 0 Å². The highest BCUT2D eigenvalue weighted by Crippen LogP contribution is 2.43. The Hall–Kier alpha value is -0.160. The van der Waals surface area contributed by atoms with Crippen molar-refractivity contribution in [1.29, 1.82) is 0 Å². The van der Waals surface area contributed by atoms with E-state index in [-0.39, 0.29) is 0 Å². The maximum Gasteiger partial charge on any atom is 0.0545 e. The fraction of sp³-hybridized carbons (Fsp3) is 1.00. The van der Waals surface area contributed by atoms with Gasteiger partial charge in [0, 0.05) is 24.1 Å². The Kier molecular flexibility index (Phi) is 3.10. The molecule has 4 nitrogen and oxygen atoms in total. The van der Waals surface area contributed by atoms with Gasteiger partial charge in [-0.3, -0.25) is 0 Å². The van der Waals surface area contributed by atoms with Gasteiger partial charge in [-0.15, -0.1) is 0 Å². The first-order chi connectivity index (χ1) is 9.29. The average molecular weight is 266 g/mol. The van der Waals surface area contributed by atoms with Gasteiger partial charge in [-0.05, 0) is 50.6 Å². The minimum Gasteiger partial charge on any atom is -0.381 e. The van der Waals surface area contributed by atoms with E-state index in [0.29, 0.717) is 22.9 Å². The lowest BCUT2D eigenvalue weighted by Crippen LogP contribution is -2.61. The van der Waals surface area contributed by atoms with Crippen LogP contribution in [0.3, 0.4) is 0 Å². The number of ether oxygens (including phenoxy) is 2. The molecule has 4 rings (SSSR count). The number of rotatable bonds is 1. The van der Waals surface area contributed by atoms with Crippen molar-refractivity contribution in [3.8, 4) is 0 Å². The van der Waals surface area contributed by atoms with E-state index in [1.54, 1.807) is 0 Å². The van der Waals surface area contributed by atoms with Gasteiger partial charge >= 0.3 is 0 Å². The smallest absolute Gasteiger partial charge is 0.0545 e. The summed E-state index contributed by atoms with van der Waals surface area (Å²) in [5, 5.41) is 7.53. The van der Waals surface area contributed by atoms with Crippen molar-refractivity contribution in [2.75, 3.05) is 39.5 Å². The number of hydrogen-bond donors (Lipinski definition) is 2. The highest BCUT2D eigenvalue weighted by atomic mass is 16.5. The predicted molar refractivity (Wildman–Crippen MR) is 73.2 cm³/mol. The van der Waals surface area contributed by atoms with E-state index in [2.05, 4.69) is 10.6 Å². The first-order valence-electron chi connectivity index (χ1n) is 7.92. The number of hydrogen-bond acceptors (Lipinski definition) is 4. The SMILES string of the molecule is C1CC2(CCOC2)CC(C2CC3(CCN2)COC3)N1. The third-order valence-electron chi connectivity index (χ3n) is 5.92. The second-order valence-electron chi connectivity index (χ2n) is 7.32. The molecule has 4 fully saturated rings. The summed E-state index contributed by atoms with van der Waals surface area (Å²) >= 11 is 0. The summed E-state index contributed by atoms with van der Waals surface area (Å²) in [6.45, 7) is 6.28. The van der Waals surface area contributed by atoms with Gasteiger partial charge in [-0.1, -0.05) is 0 Å². The Morgan fingerprint density at radius 2 is 1.37 bits per heavy atom. The number of nitrogens with one attached hydrogen (secondary N) is 2. The lowest BCUT2D eigenvalue weighted by molar-refractivity contribution is -0.137. The van der Waals surface area contributed by atoms with Gasteiger partial charge in [0.05, 0.1) is 19.8 Å². The molecule has 4 saturated heterocycles. The van der Waals surface area contributed by atoms with Crippen LogP contribution < -0.4 is 10.6 Å². The van der Waals surface area contributed by atoms with Gasteiger partial charge in [-0.25, -0.2) is 0 Å². The number of piperidine rings is 2. The van der Waals surface area contributed by atoms with Crippen LogP contribution in [0.1, 0.15) is 32.1 Å². The van der Waals surface area contributed by atoms with Gasteiger partial charge in [0.2, 0.25) is 0 Å². The van der Waals surface area contributed by atoms with E-state index in [4.69, 9.17) is 9.47 Å². The molecule has 108 valence electrons. The van der Waals surface area contributed by atoms with E-state index in [1.165, 1.54) is 32.1 Å². The third kappa shape index (κ3) is 2.23. The van der Waals surface area contributed by atoms with E-state index in [9.17, 15) is 0 Å². The summed E-state index contributed by atoms with van der Waals surface area (Å²) in [5.41, 5.74) is 0.993. The van der Waals surface area contributed by atoms with E-state index in [1.807, 2.05) is 0 Å². The molecule has 0 radical (unpaired) electrons. The first-order valence-corrected chi connectivity index (χ1v) is 7.92. The zero-order valence-corrected chi connectivity index (χ0v) is 11.7. The summed E-state index contributed by atoms with van der Waals surface area (Å²) in [4.78, 5) is 0. The zero-order valence-electron chi connectivity index (χ0n) is 11.7. The minimum absolute atomic E-state index is 0.484. The van der Waals surface area contributed by atoms with Crippen molar-refractivity contribution < 1.29 is 9.47 Å². The molecule has 4 aliphatic rings. The van der Waals surface area contributed by atoms with E-state index < -0.39 is 0 Å². The molecule has 0 aromatic rings. The largest absolute Gasteiger partial charge is 0.381 e. The Morgan fingerprint density at radius 1 is 0.737 bits per heavy atom. The molecular formula is C15H26N2O2. The van der Waals surface area contributed by atoms with Crippen LogP contribution in [0.4, 0.5) is 0 Å². The molecule has 0 bridgehead atoms. The lowest BCUT2D eigenvalue weighted by Gasteiger charge is -2.51. The molecule has 3 unspecified atom stereocenters. The maximum atomic E-state index is 5.68. The molecule has 2 N–H and O–H groups in total. The summed E-state index contributed by atoms with van der Waals surface area (Å²) in [7, 11) is 0. The monoisotopic (exact) mass is 266 g/mol. The molecule has 0 saturated carbocycles. The fourth-order valence-corrected chi connectivity index (χ4v) is 4.56.